The molecular formula is C47H69F6N5O9. The van der Waals surface area contributed by atoms with Crippen LogP contribution in [0.4, 0.5) is 31.1 Å². The Hall–Kier alpha value is -4.27. The number of alkyl carbamates (subject to hydrolysis) is 1. The molecule has 0 bridgehead atoms. The number of ether oxygens (including phenoxy) is 6. The number of hydrogen-bond acceptors (Lipinski definition) is 13. The minimum atomic E-state index is -4.37. The lowest BCUT2D eigenvalue weighted by Gasteiger charge is -2.31. The predicted octanol–water partition coefficient (Wildman–Crippen LogP) is 7.70. The number of alkyl halides is 6. The molecule has 0 radical (unpaired) electrons. The lowest BCUT2D eigenvalue weighted by molar-refractivity contribution is -0.158. The van der Waals surface area contributed by atoms with Crippen LogP contribution in [-0.4, -0.2) is 134 Å². The predicted molar refractivity (Wildman–Crippen MR) is 236 cm³/mol. The number of hydrogen-bond donors (Lipinski definition) is 2. The molecule has 67 heavy (non-hydrogen) atoms. The minimum Gasteiger partial charge on any atom is -0.468 e. The first kappa shape index (κ1) is 55.3. The normalized spacial score (nSPS) is 21.5. The monoisotopic (exact) mass is 961 g/mol. The minimum absolute atomic E-state index is 0.00388. The van der Waals surface area contributed by atoms with Gasteiger partial charge in [0.05, 0.1) is 37.9 Å². The number of pyridine rings is 2. The Kier molecular flexibility index (Phi) is 21.4. The first-order chi connectivity index (χ1) is 31.4. The summed E-state index contributed by atoms with van der Waals surface area (Å²) in [5.41, 5.74) is 2.84. The second kappa shape index (κ2) is 25.9. The Balaban J connectivity index is 0.000000242. The number of aldehydes is 1. The number of carbonyl (C=O) groups excluding carboxylic acids is 3. The van der Waals surface area contributed by atoms with Gasteiger partial charge in [-0.1, -0.05) is 12.1 Å². The van der Waals surface area contributed by atoms with E-state index in [9.17, 15) is 40.7 Å². The molecule has 1 amide bonds. The summed E-state index contributed by atoms with van der Waals surface area (Å²) in [7, 11) is 0. The molecule has 4 atom stereocenters. The van der Waals surface area contributed by atoms with E-state index < -0.39 is 42.9 Å². The zero-order valence-electron chi connectivity index (χ0n) is 39.6. The Labute approximate surface area is 389 Å². The second-order valence-corrected chi connectivity index (χ2v) is 19.2. The third-order valence-corrected chi connectivity index (χ3v) is 10.9. The van der Waals surface area contributed by atoms with Crippen LogP contribution in [0.2, 0.25) is 0 Å². The fourth-order valence-corrected chi connectivity index (χ4v) is 7.70. The number of carbonyl (C=O) groups is 3. The summed E-state index contributed by atoms with van der Waals surface area (Å²) in [6.45, 7) is 13.7. The SMILES string of the molecule is CC(C)(C)OC(=O)C[C@H]1CC[C@H](CCN2CCc3ccc(OCC(F)(F)F)nc3CC2)OC1.CC(C)(C)OC(=O)N[C@H]1CC[C@H](CC=O)OC1.FC(F)(F)COc1ccc2c(n1)CCNCC2. The van der Waals surface area contributed by atoms with Crippen LogP contribution < -0.4 is 20.1 Å². The van der Waals surface area contributed by atoms with Gasteiger partial charge in [-0.15, -0.1) is 0 Å². The van der Waals surface area contributed by atoms with Gasteiger partial charge in [0.15, 0.2) is 13.2 Å². The van der Waals surface area contributed by atoms with Gasteiger partial charge in [0.1, 0.15) is 17.5 Å². The molecule has 2 N–H and O–H groups in total. The molecule has 0 aliphatic carbocycles. The largest absolute Gasteiger partial charge is 0.468 e. The van der Waals surface area contributed by atoms with Crippen molar-refractivity contribution in [3.05, 3.63) is 46.8 Å². The molecular weight excluding hydrogens is 893 g/mol. The summed E-state index contributed by atoms with van der Waals surface area (Å²) < 4.78 is 105. The fourth-order valence-electron chi connectivity index (χ4n) is 7.70. The van der Waals surface area contributed by atoms with Gasteiger partial charge in [0.2, 0.25) is 11.8 Å². The average molecular weight is 962 g/mol. The van der Waals surface area contributed by atoms with Gasteiger partial charge < -0.3 is 48.7 Å². The van der Waals surface area contributed by atoms with Crippen molar-refractivity contribution in [3.63, 3.8) is 0 Å². The van der Waals surface area contributed by atoms with Crippen LogP contribution in [0.5, 0.6) is 11.8 Å². The summed E-state index contributed by atoms with van der Waals surface area (Å²) in [6.07, 6.45) is 0.256. The number of rotatable bonds is 12. The number of esters is 1. The Bertz CT molecular complexity index is 1840. The first-order valence-electron chi connectivity index (χ1n) is 23.1. The molecule has 378 valence electrons. The lowest BCUT2D eigenvalue weighted by Crippen LogP contribution is -2.44. The topological polar surface area (TPSA) is 160 Å². The standard InChI is InChI=1S/C24H35F3N2O4.C12H21NO4.C11H13F3N2O/c1-23(2,3)33-22(30)14-17-4-6-19(31-15-17)9-12-29-11-8-18-5-7-21(28-20(18)10-13-29)32-16-24(25,26)27;1-12(2,3)17-11(15)13-9-4-5-10(6-7-14)16-8-9;12-11(13,14)7-17-10-2-1-8-3-5-15-6-4-9(8)16-10/h5,7,17,19H,4,6,8-16H2,1-3H3;7,9-10H,4-6,8H2,1-3H3,(H,13,15);1-2,15H,3-7H2/t17-,19-;9-,10+;/m10./s1. The van der Waals surface area contributed by atoms with Crippen molar-refractivity contribution >= 4 is 18.3 Å². The van der Waals surface area contributed by atoms with E-state index in [1.807, 2.05) is 47.6 Å². The van der Waals surface area contributed by atoms with E-state index >= 15 is 0 Å². The molecule has 0 spiro atoms. The molecule has 6 rings (SSSR count). The van der Waals surface area contributed by atoms with E-state index in [0.29, 0.717) is 32.5 Å². The van der Waals surface area contributed by atoms with Crippen LogP contribution >= 0.6 is 0 Å². The zero-order chi connectivity index (χ0) is 49.3. The van der Waals surface area contributed by atoms with Crippen LogP contribution in [0.3, 0.4) is 0 Å². The van der Waals surface area contributed by atoms with Gasteiger partial charge in [0, 0.05) is 69.0 Å². The molecule has 2 aromatic rings. The van der Waals surface area contributed by atoms with E-state index in [-0.39, 0.29) is 41.9 Å². The number of fused-ring (bicyclic) bond motifs is 2. The highest BCUT2D eigenvalue weighted by Gasteiger charge is 2.31. The van der Waals surface area contributed by atoms with Crippen LogP contribution in [0, 0.1) is 5.92 Å². The van der Waals surface area contributed by atoms with E-state index in [2.05, 4.69) is 30.2 Å². The molecule has 2 fully saturated rings. The summed E-state index contributed by atoms with van der Waals surface area (Å²) in [5, 5.41) is 5.97. The van der Waals surface area contributed by atoms with Crippen molar-refractivity contribution in [2.45, 2.75) is 154 Å². The summed E-state index contributed by atoms with van der Waals surface area (Å²) in [4.78, 5) is 44.6. The van der Waals surface area contributed by atoms with Gasteiger partial charge in [-0.2, -0.15) is 26.3 Å². The molecule has 20 heteroatoms. The maximum Gasteiger partial charge on any atom is 0.422 e. The summed E-state index contributed by atoms with van der Waals surface area (Å²) in [5.74, 6) is 0.113. The summed E-state index contributed by atoms with van der Waals surface area (Å²) in [6, 6.07) is 6.61. The third kappa shape index (κ3) is 23.1. The van der Waals surface area contributed by atoms with Gasteiger partial charge in [-0.25, -0.2) is 14.8 Å². The maximum atomic E-state index is 12.4. The van der Waals surface area contributed by atoms with Crippen LogP contribution in [-0.2, 0) is 54.2 Å². The van der Waals surface area contributed by atoms with E-state index in [4.69, 9.17) is 23.7 Å². The van der Waals surface area contributed by atoms with Gasteiger partial charge >= 0.3 is 24.4 Å². The van der Waals surface area contributed by atoms with Crippen molar-refractivity contribution in [1.82, 2.24) is 25.5 Å². The van der Waals surface area contributed by atoms with Crippen LogP contribution in [0.25, 0.3) is 0 Å². The lowest BCUT2D eigenvalue weighted by atomic mass is 9.94. The van der Waals surface area contributed by atoms with Crippen molar-refractivity contribution in [2.24, 2.45) is 5.92 Å². The highest BCUT2D eigenvalue weighted by atomic mass is 19.4. The molecule has 2 saturated heterocycles. The van der Waals surface area contributed by atoms with Crippen LogP contribution in [0.15, 0.2) is 24.3 Å². The molecule has 0 aromatic carbocycles. The van der Waals surface area contributed by atoms with Gasteiger partial charge in [0.25, 0.3) is 0 Å². The van der Waals surface area contributed by atoms with E-state index in [1.54, 1.807) is 6.07 Å². The fraction of sp³-hybridized carbons (Fsp3) is 0.723. The summed E-state index contributed by atoms with van der Waals surface area (Å²) >= 11 is 0. The number of aromatic nitrogens is 2. The van der Waals surface area contributed by atoms with Crippen molar-refractivity contribution in [2.75, 3.05) is 59.2 Å². The van der Waals surface area contributed by atoms with Gasteiger partial charge in [-0.05, 0) is 110 Å². The van der Waals surface area contributed by atoms with Crippen molar-refractivity contribution in [3.8, 4) is 11.8 Å². The van der Waals surface area contributed by atoms with Crippen LogP contribution in [0.1, 0.15) is 109 Å². The highest BCUT2D eigenvalue weighted by Crippen LogP contribution is 2.27. The Morgan fingerprint density at radius 2 is 1.31 bits per heavy atom. The van der Waals surface area contributed by atoms with Crippen molar-refractivity contribution < 1.29 is 69.1 Å². The molecule has 6 heterocycles. The Morgan fingerprint density at radius 3 is 1.87 bits per heavy atom. The smallest absolute Gasteiger partial charge is 0.422 e. The number of amides is 1. The number of nitrogens with zero attached hydrogens (tertiary/aromatic N) is 3. The molecule has 4 aliphatic rings. The highest BCUT2D eigenvalue weighted by molar-refractivity contribution is 5.70. The molecule has 14 nitrogen and oxygen atoms in total. The molecule has 4 aliphatic heterocycles. The third-order valence-electron chi connectivity index (χ3n) is 10.9. The van der Waals surface area contributed by atoms with E-state index in [1.165, 1.54) is 12.1 Å². The molecule has 2 aromatic heterocycles. The molecule has 0 saturated carbocycles. The Morgan fingerprint density at radius 1 is 0.746 bits per heavy atom. The average Bonchev–Trinajstić information content (AvgIpc) is 3.59. The van der Waals surface area contributed by atoms with Crippen molar-refractivity contribution in [1.29, 1.82) is 0 Å². The first-order valence-corrected chi connectivity index (χ1v) is 23.1. The quantitative estimate of drug-likeness (QED) is 0.121. The van der Waals surface area contributed by atoms with Gasteiger partial charge in [-0.3, -0.25) is 4.79 Å². The molecule has 0 unspecified atom stereocenters. The maximum absolute atomic E-state index is 12.4. The number of halogens is 6. The zero-order valence-corrected chi connectivity index (χ0v) is 39.6. The number of nitrogens with one attached hydrogen (secondary N) is 2. The van der Waals surface area contributed by atoms with E-state index in [0.717, 1.165) is 113 Å². The second-order valence-electron chi connectivity index (χ2n) is 19.2.